The molecule has 0 amide bonds. The van der Waals surface area contributed by atoms with E-state index >= 15 is 0 Å². The van der Waals surface area contributed by atoms with E-state index in [4.69, 9.17) is 5.26 Å². The Bertz CT molecular complexity index is 694. The predicted molar refractivity (Wildman–Crippen MR) is 66.4 cm³/mol. The van der Waals surface area contributed by atoms with E-state index < -0.39 is 0 Å². The van der Waals surface area contributed by atoms with Crippen LogP contribution in [0.3, 0.4) is 0 Å². The van der Waals surface area contributed by atoms with Gasteiger partial charge in [0.25, 0.3) is 5.56 Å². The van der Waals surface area contributed by atoms with Crippen molar-refractivity contribution in [2.24, 2.45) is 7.05 Å². The molecule has 0 unspecified atom stereocenters. The average molecular weight is 261 g/mol. The molecule has 0 radical (unpaired) electrons. The normalized spacial score (nSPS) is 10.3. The molecule has 92 valence electrons. The molecule has 0 aliphatic rings. The van der Waals surface area contributed by atoms with E-state index in [2.05, 4.69) is 21.1 Å². The lowest BCUT2D eigenvalue weighted by Gasteiger charge is -2.02. The van der Waals surface area contributed by atoms with E-state index in [1.54, 1.807) is 25.6 Å². The van der Waals surface area contributed by atoms with E-state index in [9.17, 15) is 4.79 Å². The second kappa shape index (κ2) is 4.66. The average Bonchev–Trinajstić information content (AvgIpc) is 2.52. The number of nitrogens with zero attached hydrogens (tertiary/aromatic N) is 4. The number of nitriles is 1. The van der Waals surface area contributed by atoms with Crippen LogP contribution in [0.15, 0.2) is 21.0 Å². The fourth-order valence-electron chi connectivity index (χ4n) is 1.57. The third-order valence-corrected chi connectivity index (χ3v) is 3.37. The summed E-state index contributed by atoms with van der Waals surface area (Å²) in [4.78, 5) is 18.2. The Morgan fingerprint density at radius 1 is 1.50 bits per heavy atom. The van der Waals surface area contributed by atoms with Crippen LogP contribution in [0, 0.1) is 25.2 Å². The van der Waals surface area contributed by atoms with Gasteiger partial charge in [0.05, 0.1) is 5.69 Å². The van der Waals surface area contributed by atoms with Gasteiger partial charge in [-0.3, -0.25) is 9.48 Å². The van der Waals surface area contributed by atoms with Crippen molar-refractivity contribution in [3.8, 4) is 6.07 Å². The number of hydrogen-bond donors (Lipinski definition) is 1. The van der Waals surface area contributed by atoms with E-state index in [1.165, 1.54) is 17.8 Å². The molecule has 2 rings (SSSR count). The Labute approximate surface area is 108 Å². The van der Waals surface area contributed by atoms with E-state index in [0.29, 0.717) is 27.1 Å². The van der Waals surface area contributed by atoms with Gasteiger partial charge in [-0.2, -0.15) is 10.4 Å². The number of rotatable bonds is 2. The third kappa shape index (κ3) is 2.28. The third-order valence-electron chi connectivity index (χ3n) is 2.32. The summed E-state index contributed by atoms with van der Waals surface area (Å²) in [5.41, 5.74) is 1.60. The molecule has 6 nitrogen and oxygen atoms in total. The fourth-order valence-corrected chi connectivity index (χ4v) is 2.57. The maximum absolute atomic E-state index is 11.3. The standard InChI is InChI=1S/C11H11N5OS/c1-6-4-9(17)14-11(13-6)18-10-8(5-12)7(2)15-16(10)3/h4H,1-3H3,(H,13,14,17). The summed E-state index contributed by atoms with van der Waals surface area (Å²) in [5.74, 6) is 0. The molecule has 0 fully saturated rings. The minimum absolute atomic E-state index is 0.206. The first kappa shape index (κ1) is 12.4. The van der Waals surface area contributed by atoms with Crippen LogP contribution in [0.4, 0.5) is 0 Å². The molecule has 0 spiro atoms. The molecule has 2 aromatic heterocycles. The highest BCUT2D eigenvalue weighted by molar-refractivity contribution is 7.99. The Kier molecular flexibility index (Phi) is 3.21. The number of nitrogens with one attached hydrogen (secondary N) is 1. The number of H-pyrrole nitrogens is 1. The topological polar surface area (TPSA) is 87.4 Å². The van der Waals surface area contributed by atoms with Crippen LogP contribution in [0.1, 0.15) is 17.0 Å². The fraction of sp³-hybridized carbons (Fsp3) is 0.273. The summed E-state index contributed by atoms with van der Waals surface area (Å²) in [6.45, 7) is 3.52. The van der Waals surface area contributed by atoms with Crippen LogP contribution >= 0.6 is 11.8 Å². The molecule has 0 saturated carbocycles. The van der Waals surface area contributed by atoms with E-state index in [-0.39, 0.29) is 5.56 Å². The highest BCUT2D eigenvalue weighted by Gasteiger charge is 2.15. The van der Waals surface area contributed by atoms with Gasteiger partial charge in [-0.15, -0.1) is 0 Å². The lowest BCUT2D eigenvalue weighted by molar-refractivity contribution is 0.690. The Morgan fingerprint density at radius 2 is 2.22 bits per heavy atom. The SMILES string of the molecule is Cc1cc(=O)[nH]c(Sc2c(C#N)c(C)nn2C)n1. The Hall–Kier alpha value is -2.07. The van der Waals surface area contributed by atoms with Gasteiger partial charge in [0.1, 0.15) is 16.7 Å². The van der Waals surface area contributed by atoms with Gasteiger partial charge >= 0.3 is 0 Å². The van der Waals surface area contributed by atoms with E-state index in [1.807, 2.05) is 0 Å². The van der Waals surface area contributed by atoms with Crippen molar-refractivity contribution >= 4 is 11.8 Å². The summed E-state index contributed by atoms with van der Waals surface area (Å²) in [7, 11) is 1.75. The summed E-state index contributed by atoms with van der Waals surface area (Å²) >= 11 is 1.23. The van der Waals surface area contributed by atoms with Gasteiger partial charge in [0, 0.05) is 18.8 Å². The van der Waals surface area contributed by atoms with Gasteiger partial charge < -0.3 is 4.98 Å². The molecule has 0 aliphatic heterocycles. The van der Waals surface area contributed by atoms with Gasteiger partial charge in [-0.25, -0.2) is 4.98 Å². The summed E-state index contributed by atoms with van der Waals surface area (Å²) in [6.07, 6.45) is 0. The van der Waals surface area contributed by atoms with Crippen molar-refractivity contribution in [1.29, 1.82) is 5.26 Å². The molecule has 2 heterocycles. The molecular formula is C11H11N5OS. The molecular weight excluding hydrogens is 250 g/mol. The largest absolute Gasteiger partial charge is 0.301 e. The van der Waals surface area contributed by atoms with Crippen LogP contribution in [0.25, 0.3) is 0 Å². The zero-order valence-corrected chi connectivity index (χ0v) is 11.0. The van der Waals surface area contributed by atoms with Crippen LogP contribution in [-0.4, -0.2) is 19.7 Å². The quantitative estimate of drug-likeness (QED) is 0.819. The minimum Gasteiger partial charge on any atom is -0.301 e. The molecule has 18 heavy (non-hydrogen) atoms. The van der Waals surface area contributed by atoms with Crippen molar-refractivity contribution in [3.05, 3.63) is 33.4 Å². The van der Waals surface area contributed by atoms with Crippen LogP contribution in [0.5, 0.6) is 0 Å². The van der Waals surface area contributed by atoms with Crippen LogP contribution < -0.4 is 5.56 Å². The summed E-state index contributed by atoms with van der Waals surface area (Å²) in [5, 5.41) is 14.4. The molecule has 2 aromatic rings. The number of hydrogen-bond acceptors (Lipinski definition) is 5. The van der Waals surface area contributed by atoms with Crippen molar-refractivity contribution in [1.82, 2.24) is 19.7 Å². The van der Waals surface area contributed by atoms with Crippen molar-refractivity contribution < 1.29 is 0 Å². The van der Waals surface area contributed by atoms with Gasteiger partial charge in [0.2, 0.25) is 0 Å². The number of aryl methyl sites for hydroxylation is 3. The maximum atomic E-state index is 11.3. The first-order valence-electron chi connectivity index (χ1n) is 5.20. The van der Waals surface area contributed by atoms with Gasteiger partial charge in [-0.05, 0) is 25.6 Å². The minimum atomic E-state index is -0.206. The summed E-state index contributed by atoms with van der Waals surface area (Å²) in [6, 6.07) is 3.53. The highest BCUT2D eigenvalue weighted by atomic mass is 32.2. The zero-order valence-electron chi connectivity index (χ0n) is 10.2. The predicted octanol–water partition coefficient (Wildman–Crippen LogP) is 1.14. The molecule has 0 bridgehead atoms. The smallest absolute Gasteiger partial charge is 0.251 e. The number of aromatic nitrogens is 4. The zero-order chi connectivity index (χ0) is 13.3. The van der Waals surface area contributed by atoms with Gasteiger partial charge in [0.15, 0.2) is 5.16 Å². The lowest BCUT2D eigenvalue weighted by atomic mass is 10.3. The molecule has 1 N–H and O–H groups in total. The van der Waals surface area contributed by atoms with Crippen LogP contribution in [0.2, 0.25) is 0 Å². The Balaban J connectivity index is 2.46. The Morgan fingerprint density at radius 3 is 2.83 bits per heavy atom. The van der Waals surface area contributed by atoms with Crippen molar-refractivity contribution in [3.63, 3.8) is 0 Å². The molecule has 0 atom stereocenters. The monoisotopic (exact) mass is 261 g/mol. The van der Waals surface area contributed by atoms with Crippen molar-refractivity contribution in [2.75, 3.05) is 0 Å². The second-order valence-corrected chi connectivity index (χ2v) is 4.77. The number of aromatic amines is 1. The molecule has 0 saturated heterocycles. The first-order valence-corrected chi connectivity index (χ1v) is 6.02. The van der Waals surface area contributed by atoms with Crippen LogP contribution in [-0.2, 0) is 7.05 Å². The van der Waals surface area contributed by atoms with E-state index in [0.717, 1.165) is 0 Å². The molecule has 7 heteroatoms. The van der Waals surface area contributed by atoms with Gasteiger partial charge in [-0.1, -0.05) is 0 Å². The maximum Gasteiger partial charge on any atom is 0.251 e. The first-order chi connectivity index (χ1) is 8.51. The lowest BCUT2D eigenvalue weighted by Crippen LogP contribution is -2.08. The highest BCUT2D eigenvalue weighted by Crippen LogP contribution is 2.28. The molecule has 0 aliphatic carbocycles. The molecule has 0 aromatic carbocycles. The van der Waals surface area contributed by atoms with Crippen molar-refractivity contribution in [2.45, 2.75) is 24.0 Å². The second-order valence-electron chi connectivity index (χ2n) is 3.79. The summed E-state index contributed by atoms with van der Waals surface area (Å²) < 4.78 is 1.61.